The van der Waals surface area contributed by atoms with Crippen LogP contribution in [0.5, 0.6) is 0 Å². The number of para-hydroxylation sites is 4. The smallest absolute Gasteiger partial charge is 0.135 e. The van der Waals surface area contributed by atoms with Crippen molar-refractivity contribution < 1.29 is 8.83 Å². The molecule has 0 aliphatic rings. The molecule has 0 saturated carbocycles. The fourth-order valence-electron chi connectivity index (χ4n) is 10.9. The molecule has 0 N–H and O–H groups in total. The van der Waals surface area contributed by atoms with Crippen LogP contribution in [-0.2, 0) is 0 Å². The predicted octanol–water partition coefficient (Wildman–Crippen LogP) is 19.2. The first-order valence-corrected chi connectivity index (χ1v) is 25.1. The van der Waals surface area contributed by atoms with E-state index in [1.807, 2.05) is 24.3 Å². The third-order valence-corrected chi connectivity index (χ3v) is 15.6. The second kappa shape index (κ2) is 16.1. The number of fused-ring (bicyclic) bond motifs is 10. The monoisotopic (exact) mass is 936 g/mol. The van der Waals surface area contributed by atoms with Gasteiger partial charge in [0.25, 0.3) is 0 Å². The highest BCUT2D eigenvalue weighted by molar-refractivity contribution is 7.22. The first-order chi connectivity index (χ1) is 35.6. The molecule has 4 aromatic heterocycles. The summed E-state index contributed by atoms with van der Waals surface area (Å²) in [7, 11) is 0. The Bertz CT molecular complexity index is 4400. The van der Waals surface area contributed by atoms with Crippen LogP contribution >= 0.6 is 11.3 Å². The summed E-state index contributed by atoms with van der Waals surface area (Å²) >= 11 is 1.76. The van der Waals surface area contributed by atoms with Gasteiger partial charge in [0, 0.05) is 54.7 Å². The van der Waals surface area contributed by atoms with Gasteiger partial charge in [-0.05, 0) is 111 Å². The minimum absolute atomic E-state index is 0.900. The maximum atomic E-state index is 6.14. The molecule has 0 saturated heterocycles. The summed E-state index contributed by atoms with van der Waals surface area (Å²) in [5.74, 6) is 0. The molecule has 11 aromatic carbocycles. The number of furan rings is 2. The second-order valence-electron chi connectivity index (χ2n) is 18.6. The van der Waals surface area contributed by atoms with Crippen LogP contribution in [0.4, 0.5) is 0 Å². The molecule has 5 heteroatoms. The molecule has 0 aliphatic carbocycles. The van der Waals surface area contributed by atoms with E-state index < -0.39 is 0 Å². The zero-order chi connectivity index (χ0) is 47.3. The summed E-state index contributed by atoms with van der Waals surface area (Å²) in [6.45, 7) is 0. The first kappa shape index (κ1) is 40.6. The number of aromatic nitrogens is 2. The summed E-state index contributed by atoms with van der Waals surface area (Å²) in [6, 6.07) is 87.0. The van der Waals surface area contributed by atoms with Gasteiger partial charge in [-0.2, -0.15) is 0 Å². The number of nitrogens with zero attached hydrogens (tertiary/aromatic N) is 2. The molecule has 15 aromatic rings. The number of hydrogen-bond donors (Lipinski definition) is 0. The summed E-state index contributed by atoms with van der Waals surface area (Å²) in [5.41, 5.74) is 20.8. The highest BCUT2D eigenvalue weighted by atomic mass is 32.1. The van der Waals surface area contributed by atoms with Crippen LogP contribution in [0.2, 0.25) is 0 Å². The van der Waals surface area contributed by atoms with E-state index in [2.05, 4.69) is 223 Å². The summed E-state index contributed by atoms with van der Waals surface area (Å²) in [5, 5.41) is 7.99. The van der Waals surface area contributed by atoms with Crippen LogP contribution in [-0.4, -0.2) is 9.55 Å². The Hall–Kier alpha value is -9.29. The number of benzene rings is 11. The maximum Gasteiger partial charge on any atom is 0.135 e. The third kappa shape index (κ3) is 6.56. The normalized spacial score (nSPS) is 11.9. The summed E-state index contributed by atoms with van der Waals surface area (Å²) < 4.78 is 15.8. The van der Waals surface area contributed by atoms with Crippen LogP contribution < -0.4 is 0 Å². The lowest BCUT2D eigenvalue weighted by atomic mass is 9.95. The van der Waals surface area contributed by atoms with E-state index in [0.29, 0.717) is 0 Å². The van der Waals surface area contributed by atoms with Gasteiger partial charge >= 0.3 is 0 Å². The van der Waals surface area contributed by atoms with Crippen molar-refractivity contribution in [3.63, 3.8) is 0 Å². The molecule has 4 nitrogen and oxygen atoms in total. The highest BCUT2D eigenvalue weighted by Gasteiger charge is 2.19. The Morgan fingerprint density at radius 3 is 1.35 bits per heavy atom. The molecule has 4 heterocycles. The molecule has 0 unspecified atom stereocenters. The van der Waals surface area contributed by atoms with Crippen molar-refractivity contribution in [2.24, 2.45) is 0 Å². The van der Waals surface area contributed by atoms with E-state index in [1.165, 1.54) is 32.9 Å². The lowest BCUT2D eigenvalue weighted by Gasteiger charge is -2.10. The lowest BCUT2D eigenvalue weighted by Crippen LogP contribution is -1.92. The molecule has 15 rings (SSSR count). The number of thiazole rings is 1. The van der Waals surface area contributed by atoms with Crippen molar-refractivity contribution in [3.8, 4) is 71.9 Å². The van der Waals surface area contributed by atoms with E-state index in [1.54, 1.807) is 11.3 Å². The van der Waals surface area contributed by atoms with Gasteiger partial charge in [0.15, 0.2) is 0 Å². The second-order valence-corrected chi connectivity index (χ2v) is 19.6. The fraction of sp³-hybridized carbons (Fsp3) is 0. The van der Waals surface area contributed by atoms with Gasteiger partial charge in [-0.25, -0.2) is 4.98 Å². The summed E-state index contributed by atoms with van der Waals surface area (Å²) in [6.07, 6.45) is 0. The van der Waals surface area contributed by atoms with Crippen molar-refractivity contribution in [2.75, 3.05) is 0 Å². The molecular formula is C67H40N2O2S. The zero-order valence-corrected chi connectivity index (χ0v) is 39.5. The molecular weight excluding hydrogens is 897 g/mol. The van der Waals surface area contributed by atoms with Gasteiger partial charge in [-0.15, -0.1) is 11.3 Å². The molecule has 0 fully saturated rings. The Morgan fingerprint density at radius 2 is 0.736 bits per heavy atom. The van der Waals surface area contributed by atoms with Crippen molar-refractivity contribution >= 4 is 87.2 Å². The van der Waals surface area contributed by atoms with Gasteiger partial charge in [-0.3, -0.25) is 0 Å². The van der Waals surface area contributed by atoms with Crippen LogP contribution in [0, 0.1) is 0 Å². The predicted molar refractivity (Wildman–Crippen MR) is 301 cm³/mol. The SMILES string of the molecule is c1ccc(-n2c3ccccc3c3cc(-c4ccc(-c5nc6c(-c7ccc(-c8ccc9oc%10ccccc%10c9c8)cc7)ccc(-c7ccc(-c8ccc9oc%10ccccc%10c9c8)cc7)c6s5)cc4)ccc32)cc1. The first-order valence-electron chi connectivity index (χ1n) is 24.3. The van der Waals surface area contributed by atoms with Crippen molar-refractivity contribution in [3.05, 3.63) is 243 Å². The number of rotatable bonds is 7. The highest BCUT2D eigenvalue weighted by Crippen LogP contribution is 2.44. The molecule has 0 spiro atoms. The van der Waals surface area contributed by atoms with Crippen molar-refractivity contribution in [2.45, 2.75) is 0 Å². The maximum absolute atomic E-state index is 6.14. The molecule has 0 radical (unpaired) electrons. The number of hydrogen-bond acceptors (Lipinski definition) is 4. The molecule has 336 valence electrons. The van der Waals surface area contributed by atoms with Crippen LogP contribution in [0.15, 0.2) is 251 Å². The standard InChI is InChI=1S/C67H40N2O2S/c1-2-10-50(11-3-1)69-59-15-7-4-12-53(59)56-38-47(30-35-60(56)69)43-22-28-46(29-23-43)67-68-65-51(44-24-18-41(19-25-44)48-31-36-63-57(39-48)54-13-5-8-16-61(54)70-63)33-34-52(66(65)72-67)45-26-20-42(21-27-45)49-32-37-64-58(40-49)55-14-6-9-17-62(55)71-64/h1-40H. The van der Waals surface area contributed by atoms with Crippen LogP contribution in [0.3, 0.4) is 0 Å². The molecule has 0 aliphatic heterocycles. The average molecular weight is 937 g/mol. The zero-order valence-electron chi connectivity index (χ0n) is 38.7. The lowest BCUT2D eigenvalue weighted by molar-refractivity contribution is 0.668. The largest absolute Gasteiger partial charge is 0.456 e. The van der Waals surface area contributed by atoms with E-state index in [0.717, 1.165) is 115 Å². The van der Waals surface area contributed by atoms with Gasteiger partial charge in [0.2, 0.25) is 0 Å². The minimum Gasteiger partial charge on any atom is -0.456 e. The van der Waals surface area contributed by atoms with Crippen LogP contribution in [0.1, 0.15) is 0 Å². The van der Waals surface area contributed by atoms with Crippen LogP contribution in [0.25, 0.3) is 148 Å². The van der Waals surface area contributed by atoms with Gasteiger partial charge < -0.3 is 13.4 Å². The quantitative estimate of drug-likeness (QED) is 0.160. The average Bonchev–Trinajstić information content (AvgIpc) is 4.24. The molecule has 72 heavy (non-hydrogen) atoms. The van der Waals surface area contributed by atoms with E-state index in [4.69, 9.17) is 13.8 Å². The Labute approximate surface area is 417 Å². The topological polar surface area (TPSA) is 44.1 Å². The van der Waals surface area contributed by atoms with Crippen molar-refractivity contribution in [1.82, 2.24) is 9.55 Å². The van der Waals surface area contributed by atoms with E-state index in [9.17, 15) is 0 Å². The summed E-state index contributed by atoms with van der Waals surface area (Å²) in [4.78, 5) is 5.50. The fourth-order valence-corrected chi connectivity index (χ4v) is 12.0. The van der Waals surface area contributed by atoms with Crippen molar-refractivity contribution in [1.29, 1.82) is 0 Å². The third-order valence-electron chi connectivity index (χ3n) is 14.5. The minimum atomic E-state index is 0.900. The Morgan fingerprint density at radius 1 is 0.306 bits per heavy atom. The van der Waals surface area contributed by atoms with E-state index >= 15 is 0 Å². The molecule has 0 amide bonds. The van der Waals surface area contributed by atoms with Gasteiger partial charge in [-0.1, -0.05) is 176 Å². The van der Waals surface area contributed by atoms with Gasteiger partial charge in [0.1, 0.15) is 27.3 Å². The Balaban J connectivity index is 0.808. The Kier molecular flexibility index (Phi) is 9.10. The van der Waals surface area contributed by atoms with Gasteiger partial charge in [0.05, 0.1) is 21.3 Å². The van der Waals surface area contributed by atoms with E-state index in [-0.39, 0.29) is 0 Å². The molecule has 0 atom stereocenters. The molecule has 0 bridgehead atoms.